The number of rotatable bonds is 2. The van der Waals surface area contributed by atoms with E-state index in [-0.39, 0.29) is 5.97 Å². The van der Waals surface area contributed by atoms with Crippen molar-refractivity contribution in [1.82, 2.24) is 0 Å². The highest BCUT2D eigenvalue weighted by Crippen LogP contribution is 2.29. The summed E-state index contributed by atoms with van der Waals surface area (Å²) in [6.07, 6.45) is 4.46. The molecule has 74 valence electrons. The van der Waals surface area contributed by atoms with Crippen LogP contribution in [0, 0.1) is 11.8 Å². The lowest BCUT2D eigenvalue weighted by Crippen LogP contribution is -2.22. The van der Waals surface area contributed by atoms with E-state index in [4.69, 9.17) is 4.74 Å². The average molecular weight is 182 g/mol. The second kappa shape index (κ2) is 4.45. The molecule has 0 spiro atoms. The Labute approximate surface area is 80.0 Å². The van der Waals surface area contributed by atoms with Gasteiger partial charge in [-0.3, -0.25) is 4.79 Å². The van der Waals surface area contributed by atoms with Gasteiger partial charge in [0.1, 0.15) is 0 Å². The van der Waals surface area contributed by atoms with Crippen LogP contribution in [0.15, 0.2) is 11.6 Å². The van der Waals surface area contributed by atoms with Gasteiger partial charge in [0.15, 0.2) is 0 Å². The molecular weight excluding hydrogens is 164 g/mol. The van der Waals surface area contributed by atoms with Gasteiger partial charge in [0.2, 0.25) is 0 Å². The van der Waals surface area contributed by atoms with E-state index < -0.39 is 0 Å². The van der Waals surface area contributed by atoms with Gasteiger partial charge in [0, 0.05) is 6.92 Å². The molecule has 2 nitrogen and oxygen atoms in total. The van der Waals surface area contributed by atoms with Crippen LogP contribution in [-0.4, -0.2) is 12.6 Å². The van der Waals surface area contributed by atoms with Gasteiger partial charge in [-0.15, -0.1) is 0 Å². The number of ether oxygens (including phenoxy) is 1. The first kappa shape index (κ1) is 10.3. The summed E-state index contributed by atoms with van der Waals surface area (Å²) < 4.78 is 5.02. The molecule has 0 amide bonds. The van der Waals surface area contributed by atoms with E-state index >= 15 is 0 Å². The fraction of sp³-hybridized carbons (Fsp3) is 0.727. The predicted molar refractivity (Wildman–Crippen MR) is 52.3 cm³/mol. The molecule has 0 saturated heterocycles. The Bertz CT molecular complexity index is 218. The average Bonchev–Trinajstić information content (AvgIpc) is 2.02. The van der Waals surface area contributed by atoms with Gasteiger partial charge in [-0.2, -0.15) is 0 Å². The number of hydrogen-bond acceptors (Lipinski definition) is 2. The Morgan fingerprint density at radius 3 is 2.92 bits per heavy atom. The van der Waals surface area contributed by atoms with Crippen molar-refractivity contribution >= 4 is 5.97 Å². The first-order chi connectivity index (χ1) is 6.09. The molecule has 0 aliphatic heterocycles. The maximum absolute atomic E-state index is 10.6. The Kier molecular flexibility index (Phi) is 3.52. The Balaban J connectivity index is 2.39. The third-order valence-corrected chi connectivity index (χ3v) is 2.72. The van der Waals surface area contributed by atoms with Crippen molar-refractivity contribution in [3.63, 3.8) is 0 Å². The standard InChI is InChI=1S/C11H18O2/c1-8-4-5-11(9(2)6-8)7-13-10(3)12/h4,9,11H,5-7H2,1-3H3/t9-,11-/m1/s1. The number of hydrogen-bond donors (Lipinski definition) is 0. The van der Waals surface area contributed by atoms with Crippen molar-refractivity contribution in [2.75, 3.05) is 6.61 Å². The summed E-state index contributed by atoms with van der Waals surface area (Å²) in [4.78, 5) is 10.6. The lowest BCUT2D eigenvalue weighted by atomic mass is 9.82. The van der Waals surface area contributed by atoms with Crippen LogP contribution < -0.4 is 0 Å². The van der Waals surface area contributed by atoms with Crippen LogP contribution in [-0.2, 0) is 9.53 Å². The van der Waals surface area contributed by atoms with Crippen molar-refractivity contribution in [2.24, 2.45) is 11.8 Å². The minimum atomic E-state index is -0.168. The Hall–Kier alpha value is -0.790. The smallest absolute Gasteiger partial charge is 0.302 e. The van der Waals surface area contributed by atoms with Crippen molar-refractivity contribution in [3.8, 4) is 0 Å². The number of carbonyl (C=O) groups is 1. The summed E-state index contributed by atoms with van der Waals surface area (Å²) in [5.74, 6) is 0.996. The predicted octanol–water partition coefficient (Wildman–Crippen LogP) is 2.54. The highest BCUT2D eigenvalue weighted by atomic mass is 16.5. The molecule has 0 N–H and O–H groups in total. The van der Waals surface area contributed by atoms with Crippen molar-refractivity contribution in [1.29, 1.82) is 0 Å². The lowest BCUT2D eigenvalue weighted by molar-refractivity contribution is -0.142. The molecule has 13 heavy (non-hydrogen) atoms. The summed E-state index contributed by atoms with van der Waals surface area (Å²) in [5, 5.41) is 0. The molecule has 1 rings (SSSR count). The molecule has 0 aromatic carbocycles. The van der Waals surface area contributed by atoms with Crippen molar-refractivity contribution in [2.45, 2.75) is 33.6 Å². The van der Waals surface area contributed by atoms with Crippen LogP contribution in [0.5, 0.6) is 0 Å². The molecule has 0 fully saturated rings. The Morgan fingerprint density at radius 1 is 1.69 bits per heavy atom. The molecule has 0 unspecified atom stereocenters. The van der Waals surface area contributed by atoms with E-state index in [1.807, 2.05) is 0 Å². The van der Waals surface area contributed by atoms with Crippen LogP contribution in [0.25, 0.3) is 0 Å². The fourth-order valence-corrected chi connectivity index (χ4v) is 1.80. The fourth-order valence-electron chi connectivity index (χ4n) is 1.80. The zero-order valence-corrected chi connectivity index (χ0v) is 8.67. The number of esters is 1. The van der Waals surface area contributed by atoms with Crippen molar-refractivity contribution < 1.29 is 9.53 Å². The molecule has 0 radical (unpaired) electrons. The maximum Gasteiger partial charge on any atom is 0.302 e. The first-order valence-electron chi connectivity index (χ1n) is 4.88. The first-order valence-corrected chi connectivity index (χ1v) is 4.88. The topological polar surface area (TPSA) is 26.3 Å². The largest absolute Gasteiger partial charge is 0.466 e. The lowest BCUT2D eigenvalue weighted by Gasteiger charge is -2.26. The van der Waals surface area contributed by atoms with Gasteiger partial charge >= 0.3 is 5.97 Å². The molecule has 0 heterocycles. The third kappa shape index (κ3) is 3.21. The SMILES string of the molecule is CC(=O)OC[C@H]1CC=C(C)C[C@H]1C. The molecule has 1 aliphatic carbocycles. The minimum absolute atomic E-state index is 0.168. The molecule has 0 aromatic heterocycles. The van der Waals surface area contributed by atoms with Gasteiger partial charge in [-0.05, 0) is 31.6 Å². The van der Waals surface area contributed by atoms with E-state index in [2.05, 4.69) is 19.9 Å². The summed E-state index contributed by atoms with van der Waals surface area (Å²) >= 11 is 0. The summed E-state index contributed by atoms with van der Waals surface area (Å²) in [7, 11) is 0. The van der Waals surface area contributed by atoms with E-state index in [1.165, 1.54) is 12.5 Å². The van der Waals surface area contributed by atoms with Gasteiger partial charge in [-0.25, -0.2) is 0 Å². The second-order valence-corrected chi connectivity index (χ2v) is 4.03. The molecule has 0 saturated carbocycles. The van der Waals surface area contributed by atoms with Crippen LogP contribution >= 0.6 is 0 Å². The molecule has 0 bridgehead atoms. The summed E-state index contributed by atoms with van der Waals surface area (Å²) in [6, 6.07) is 0. The van der Waals surface area contributed by atoms with Crippen LogP contribution in [0.1, 0.15) is 33.6 Å². The van der Waals surface area contributed by atoms with E-state index in [1.54, 1.807) is 0 Å². The van der Waals surface area contributed by atoms with Gasteiger partial charge in [0.05, 0.1) is 6.61 Å². The van der Waals surface area contributed by atoms with Crippen LogP contribution in [0.2, 0.25) is 0 Å². The van der Waals surface area contributed by atoms with Crippen LogP contribution in [0.3, 0.4) is 0 Å². The van der Waals surface area contributed by atoms with Crippen LogP contribution in [0.4, 0.5) is 0 Å². The summed E-state index contributed by atoms with van der Waals surface area (Å²) in [6.45, 7) is 6.44. The zero-order chi connectivity index (χ0) is 9.84. The molecular formula is C11H18O2. The number of carbonyl (C=O) groups excluding carboxylic acids is 1. The minimum Gasteiger partial charge on any atom is -0.466 e. The van der Waals surface area contributed by atoms with E-state index in [0.29, 0.717) is 18.4 Å². The summed E-state index contributed by atoms with van der Waals surface area (Å²) in [5.41, 5.74) is 1.46. The Morgan fingerprint density at radius 2 is 2.38 bits per heavy atom. The maximum atomic E-state index is 10.6. The second-order valence-electron chi connectivity index (χ2n) is 4.03. The highest BCUT2D eigenvalue weighted by Gasteiger charge is 2.21. The molecule has 2 heteroatoms. The quantitative estimate of drug-likeness (QED) is 0.484. The third-order valence-electron chi connectivity index (χ3n) is 2.72. The monoisotopic (exact) mass is 182 g/mol. The molecule has 1 aliphatic rings. The van der Waals surface area contributed by atoms with Gasteiger partial charge < -0.3 is 4.74 Å². The van der Waals surface area contributed by atoms with E-state index in [9.17, 15) is 4.79 Å². The molecule has 2 atom stereocenters. The van der Waals surface area contributed by atoms with E-state index in [0.717, 1.165) is 12.8 Å². The van der Waals surface area contributed by atoms with Gasteiger partial charge in [-0.1, -0.05) is 18.6 Å². The number of allylic oxidation sites excluding steroid dienone is 2. The normalized spacial score (nSPS) is 28.1. The highest BCUT2D eigenvalue weighted by molar-refractivity contribution is 5.65. The molecule has 0 aromatic rings. The zero-order valence-electron chi connectivity index (χ0n) is 8.67. The van der Waals surface area contributed by atoms with Crippen molar-refractivity contribution in [3.05, 3.63) is 11.6 Å². The van der Waals surface area contributed by atoms with Gasteiger partial charge in [0.25, 0.3) is 0 Å².